The second-order valence-electron chi connectivity index (χ2n) is 4.89. The quantitative estimate of drug-likeness (QED) is 0.743. The maximum absolute atomic E-state index is 5.91. The minimum atomic E-state index is 0.396. The van der Waals surface area contributed by atoms with E-state index in [-0.39, 0.29) is 0 Å². The highest BCUT2D eigenvalue weighted by Crippen LogP contribution is 2.37. The van der Waals surface area contributed by atoms with Crippen LogP contribution in [0, 0.1) is 0 Å². The van der Waals surface area contributed by atoms with Gasteiger partial charge in [0.25, 0.3) is 0 Å². The van der Waals surface area contributed by atoms with Crippen molar-refractivity contribution < 1.29 is 4.74 Å². The fraction of sp³-hybridized carbons (Fsp3) is 0.250. The number of rotatable bonds is 2. The first kappa shape index (κ1) is 11.3. The summed E-state index contributed by atoms with van der Waals surface area (Å²) in [5.74, 6) is 2.35. The molecule has 2 aromatic rings. The van der Waals surface area contributed by atoms with Gasteiger partial charge in [-0.15, -0.1) is 0 Å². The molecule has 1 atom stereocenters. The predicted octanol–water partition coefficient (Wildman–Crippen LogP) is 3.45. The van der Waals surface area contributed by atoms with Crippen LogP contribution in [0.1, 0.15) is 29.5 Å². The van der Waals surface area contributed by atoms with Crippen LogP contribution in [-0.2, 0) is 6.42 Å². The molecule has 2 nitrogen and oxygen atoms in total. The maximum Gasteiger partial charge on any atom is 0.130 e. The third-order valence-corrected chi connectivity index (χ3v) is 3.58. The fourth-order valence-electron chi connectivity index (χ4n) is 2.35. The van der Waals surface area contributed by atoms with Crippen LogP contribution < -0.4 is 10.5 Å². The third-order valence-electron chi connectivity index (χ3n) is 3.58. The molecule has 0 amide bonds. The second-order valence-corrected chi connectivity index (χ2v) is 4.89. The van der Waals surface area contributed by atoms with E-state index >= 15 is 0 Å². The molecular weight excluding hydrogens is 222 g/mol. The predicted molar refractivity (Wildman–Crippen MR) is 73.2 cm³/mol. The Morgan fingerprint density at radius 3 is 2.72 bits per heavy atom. The van der Waals surface area contributed by atoms with Gasteiger partial charge < -0.3 is 10.5 Å². The zero-order chi connectivity index (χ0) is 12.5. The maximum atomic E-state index is 5.91. The summed E-state index contributed by atoms with van der Waals surface area (Å²) in [4.78, 5) is 0. The van der Waals surface area contributed by atoms with Gasteiger partial charge in [-0.25, -0.2) is 0 Å². The summed E-state index contributed by atoms with van der Waals surface area (Å²) >= 11 is 0. The first-order valence-electron chi connectivity index (χ1n) is 6.36. The van der Waals surface area contributed by atoms with Crippen molar-refractivity contribution >= 4 is 0 Å². The Morgan fingerprint density at radius 2 is 1.89 bits per heavy atom. The van der Waals surface area contributed by atoms with E-state index in [1.807, 2.05) is 12.1 Å². The first-order valence-corrected chi connectivity index (χ1v) is 6.36. The van der Waals surface area contributed by atoms with Crippen LogP contribution in [0.3, 0.4) is 0 Å². The van der Waals surface area contributed by atoms with E-state index in [1.165, 1.54) is 16.7 Å². The van der Waals surface area contributed by atoms with E-state index in [1.54, 1.807) is 0 Å². The van der Waals surface area contributed by atoms with Crippen LogP contribution in [0.2, 0.25) is 0 Å². The monoisotopic (exact) mass is 239 g/mol. The highest BCUT2D eigenvalue weighted by Gasteiger charge is 2.17. The van der Waals surface area contributed by atoms with Gasteiger partial charge in [-0.3, -0.25) is 0 Å². The first-order chi connectivity index (χ1) is 8.78. The average Bonchev–Trinajstić information content (AvgIpc) is 2.43. The van der Waals surface area contributed by atoms with Crippen molar-refractivity contribution in [2.45, 2.75) is 19.3 Å². The van der Waals surface area contributed by atoms with Gasteiger partial charge in [-0.05, 0) is 41.3 Å². The summed E-state index contributed by atoms with van der Waals surface area (Å²) in [6.45, 7) is 2.83. The van der Waals surface area contributed by atoms with Gasteiger partial charge in [-0.2, -0.15) is 0 Å². The Balaban J connectivity index is 1.98. The molecule has 0 saturated carbocycles. The topological polar surface area (TPSA) is 35.2 Å². The fourth-order valence-corrected chi connectivity index (χ4v) is 2.35. The van der Waals surface area contributed by atoms with Crippen molar-refractivity contribution in [3.63, 3.8) is 0 Å². The molecule has 0 saturated heterocycles. The molecule has 2 aromatic carbocycles. The molecule has 92 valence electrons. The number of hydrogen-bond donors (Lipinski definition) is 1. The molecular formula is C16H17NO. The van der Waals surface area contributed by atoms with Gasteiger partial charge in [0.2, 0.25) is 0 Å². The van der Waals surface area contributed by atoms with Crippen molar-refractivity contribution in [2.75, 3.05) is 6.54 Å². The summed E-state index contributed by atoms with van der Waals surface area (Å²) in [5, 5.41) is 0. The van der Waals surface area contributed by atoms with E-state index in [9.17, 15) is 0 Å². The molecule has 1 heterocycles. The van der Waals surface area contributed by atoms with E-state index in [0.717, 1.165) is 17.9 Å². The molecule has 3 rings (SSSR count). The number of benzene rings is 2. The Hall–Kier alpha value is -1.80. The molecule has 2 heteroatoms. The lowest BCUT2D eigenvalue weighted by Crippen LogP contribution is -2.10. The summed E-state index contributed by atoms with van der Waals surface area (Å²) in [7, 11) is 0. The SMILES string of the molecule is CC(CN)c1ccc2c(c1)Cc1ccccc1O2. The van der Waals surface area contributed by atoms with E-state index in [0.29, 0.717) is 12.5 Å². The van der Waals surface area contributed by atoms with Gasteiger partial charge >= 0.3 is 0 Å². The molecule has 0 aromatic heterocycles. The normalized spacial score (nSPS) is 14.3. The summed E-state index contributed by atoms with van der Waals surface area (Å²) in [5.41, 5.74) is 9.52. The highest BCUT2D eigenvalue weighted by molar-refractivity contribution is 5.51. The largest absolute Gasteiger partial charge is 0.457 e. The Morgan fingerprint density at radius 1 is 1.11 bits per heavy atom. The number of ether oxygens (including phenoxy) is 1. The summed E-state index contributed by atoms with van der Waals surface area (Å²) in [6.07, 6.45) is 0.941. The van der Waals surface area contributed by atoms with Crippen molar-refractivity contribution in [3.8, 4) is 11.5 Å². The van der Waals surface area contributed by atoms with Gasteiger partial charge in [-0.1, -0.05) is 37.3 Å². The number of para-hydroxylation sites is 1. The number of hydrogen-bond acceptors (Lipinski definition) is 2. The zero-order valence-electron chi connectivity index (χ0n) is 10.5. The Bertz CT molecular complexity index is 577. The molecule has 0 fully saturated rings. The van der Waals surface area contributed by atoms with Crippen LogP contribution in [-0.4, -0.2) is 6.54 Å². The van der Waals surface area contributed by atoms with Crippen molar-refractivity contribution in [3.05, 3.63) is 59.2 Å². The van der Waals surface area contributed by atoms with Crippen molar-refractivity contribution in [1.29, 1.82) is 0 Å². The molecule has 0 bridgehead atoms. The van der Waals surface area contributed by atoms with Gasteiger partial charge in [0.15, 0.2) is 0 Å². The molecule has 1 aliphatic heterocycles. The molecule has 1 unspecified atom stereocenters. The molecule has 18 heavy (non-hydrogen) atoms. The van der Waals surface area contributed by atoms with Gasteiger partial charge in [0.05, 0.1) is 0 Å². The van der Waals surface area contributed by atoms with E-state index in [4.69, 9.17) is 10.5 Å². The highest BCUT2D eigenvalue weighted by atomic mass is 16.5. The van der Waals surface area contributed by atoms with Crippen LogP contribution in [0.5, 0.6) is 11.5 Å². The molecule has 2 N–H and O–H groups in total. The van der Waals surface area contributed by atoms with E-state index < -0.39 is 0 Å². The van der Waals surface area contributed by atoms with Crippen LogP contribution in [0.25, 0.3) is 0 Å². The number of nitrogens with two attached hydrogens (primary N) is 1. The average molecular weight is 239 g/mol. The van der Waals surface area contributed by atoms with Crippen molar-refractivity contribution in [2.24, 2.45) is 5.73 Å². The molecule has 0 radical (unpaired) electrons. The summed E-state index contributed by atoms with van der Waals surface area (Å²) in [6, 6.07) is 14.6. The smallest absolute Gasteiger partial charge is 0.130 e. The van der Waals surface area contributed by atoms with Gasteiger partial charge in [0.1, 0.15) is 11.5 Å². The van der Waals surface area contributed by atoms with Gasteiger partial charge in [0, 0.05) is 6.42 Å². The van der Waals surface area contributed by atoms with Crippen LogP contribution in [0.15, 0.2) is 42.5 Å². The molecule has 1 aliphatic rings. The van der Waals surface area contributed by atoms with Crippen LogP contribution >= 0.6 is 0 Å². The minimum Gasteiger partial charge on any atom is -0.457 e. The molecule has 0 spiro atoms. The Kier molecular flexibility index (Phi) is 2.80. The minimum absolute atomic E-state index is 0.396. The number of fused-ring (bicyclic) bond motifs is 2. The third kappa shape index (κ3) is 1.89. The Labute approximate surface area is 107 Å². The lowest BCUT2D eigenvalue weighted by Gasteiger charge is -2.21. The molecule has 0 aliphatic carbocycles. The second kappa shape index (κ2) is 4.46. The summed E-state index contributed by atoms with van der Waals surface area (Å²) < 4.78 is 5.91. The van der Waals surface area contributed by atoms with E-state index in [2.05, 4.69) is 37.3 Å². The lowest BCUT2D eigenvalue weighted by atomic mass is 9.94. The van der Waals surface area contributed by atoms with Crippen LogP contribution in [0.4, 0.5) is 0 Å². The zero-order valence-corrected chi connectivity index (χ0v) is 10.5. The van der Waals surface area contributed by atoms with Crippen molar-refractivity contribution in [1.82, 2.24) is 0 Å². The lowest BCUT2D eigenvalue weighted by molar-refractivity contribution is 0.459. The standard InChI is InChI=1S/C16H17NO/c1-11(10-17)12-6-7-16-14(8-12)9-13-4-2-3-5-15(13)18-16/h2-8,11H,9-10,17H2,1H3.